The maximum absolute atomic E-state index is 9.99. The highest BCUT2D eigenvalue weighted by molar-refractivity contribution is 5.25. The molecular formula is C15H22O. The summed E-state index contributed by atoms with van der Waals surface area (Å²) in [6.45, 7) is 6.63. The monoisotopic (exact) mass is 218 g/mol. The summed E-state index contributed by atoms with van der Waals surface area (Å²) in [4.78, 5) is 0. The average Bonchev–Trinajstić information content (AvgIpc) is 2.96. The van der Waals surface area contributed by atoms with Crippen LogP contribution in [-0.2, 0) is 6.42 Å². The molecule has 2 rings (SSSR count). The van der Waals surface area contributed by atoms with Crippen LogP contribution in [-0.4, -0.2) is 11.2 Å². The third kappa shape index (κ3) is 2.65. The van der Waals surface area contributed by atoms with Crippen molar-refractivity contribution in [1.29, 1.82) is 0 Å². The largest absolute Gasteiger partial charge is 0.392 e. The Balaban J connectivity index is 1.94. The van der Waals surface area contributed by atoms with E-state index in [9.17, 15) is 5.11 Å². The molecule has 88 valence electrons. The van der Waals surface area contributed by atoms with E-state index in [2.05, 4.69) is 45.0 Å². The smallest absolute Gasteiger partial charge is 0.0611 e. The summed E-state index contributed by atoms with van der Waals surface area (Å²) >= 11 is 0. The van der Waals surface area contributed by atoms with Crippen LogP contribution in [0.4, 0.5) is 0 Å². The summed E-state index contributed by atoms with van der Waals surface area (Å²) in [6, 6.07) is 8.68. The predicted molar refractivity (Wildman–Crippen MR) is 67.5 cm³/mol. The topological polar surface area (TPSA) is 20.2 Å². The van der Waals surface area contributed by atoms with Gasteiger partial charge in [0.15, 0.2) is 0 Å². The summed E-state index contributed by atoms with van der Waals surface area (Å²) < 4.78 is 0. The lowest BCUT2D eigenvalue weighted by molar-refractivity contribution is 0.146. The highest BCUT2D eigenvalue weighted by Gasteiger charge is 2.38. The van der Waals surface area contributed by atoms with Crippen molar-refractivity contribution in [3.05, 3.63) is 35.4 Å². The minimum Gasteiger partial charge on any atom is -0.392 e. The van der Waals surface area contributed by atoms with Gasteiger partial charge in [0.1, 0.15) is 0 Å². The molecule has 0 aromatic heterocycles. The number of hydrogen-bond acceptors (Lipinski definition) is 1. The summed E-state index contributed by atoms with van der Waals surface area (Å²) in [5.41, 5.74) is 2.63. The zero-order valence-corrected chi connectivity index (χ0v) is 10.5. The number of rotatable bonds is 4. The third-order valence-electron chi connectivity index (χ3n) is 3.76. The lowest BCUT2D eigenvalue weighted by atomic mass is 9.98. The van der Waals surface area contributed by atoms with E-state index in [1.807, 2.05) is 0 Å². The number of aliphatic hydroxyl groups is 1. The summed E-state index contributed by atoms with van der Waals surface area (Å²) in [7, 11) is 0. The summed E-state index contributed by atoms with van der Waals surface area (Å²) in [5, 5.41) is 9.99. The van der Waals surface area contributed by atoms with Crippen molar-refractivity contribution >= 4 is 0 Å². The molecule has 1 aromatic rings. The second-order valence-corrected chi connectivity index (χ2v) is 5.54. The van der Waals surface area contributed by atoms with Crippen LogP contribution in [0.2, 0.25) is 0 Å². The van der Waals surface area contributed by atoms with E-state index in [1.54, 1.807) is 0 Å². The van der Waals surface area contributed by atoms with Gasteiger partial charge >= 0.3 is 0 Å². The molecule has 0 spiro atoms. The van der Waals surface area contributed by atoms with Gasteiger partial charge in [-0.05, 0) is 41.7 Å². The van der Waals surface area contributed by atoms with Gasteiger partial charge in [0.2, 0.25) is 0 Å². The van der Waals surface area contributed by atoms with E-state index in [-0.39, 0.29) is 6.10 Å². The van der Waals surface area contributed by atoms with Gasteiger partial charge in [0, 0.05) is 0 Å². The first kappa shape index (κ1) is 11.7. The Morgan fingerprint density at radius 2 is 1.81 bits per heavy atom. The van der Waals surface area contributed by atoms with E-state index < -0.39 is 0 Å². The van der Waals surface area contributed by atoms with E-state index >= 15 is 0 Å². The quantitative estimate of drug-likeness (QED) is 0.821. The Morgan fingerprint density at radius 3 is 2.25 bits per heavy atom. The van der Waals surface area contributed by atoms with Gasteiger partial charge in [0.25, 0.3) is 0 Å². The molecule has 1 nitrogen and oxygen atoms in total. The standard InChI is InChI=1S/C15H22O/c1-10(2)13-6-4-12(5-7-13)9-15(16)14-8-11(14)3/h4-7,10-11,14-16H,8-9H2,1-3H3. The Labute approximate surface area is 98.5 Å². The van der Waals surface area contributed by atoms with Crippen LogP contribution < -0.4 is 0 Å². The molecule has 3 unspecified atom stereocenters. The molecule has 0 saturated heterocycles. The van der Waals surface area contributed by atoms with Crippen molar-refractivity contribution in [2.75, 3.05) is 0 Å². The third-order valence-corrected chi connectivity index (χ3v) is 3.76. The second-order valence-electron chi connectivity index (χ2n) is 5.54. The first-order valence-corrected chi connectivity index (χ1v) is 6.35. The Hall–Kier alpha value is -0.820. The fraction of sp³-hybridized carbons (Fsp3) is 0.600. The predicted octanol–water partition coefficient (Wildman–Crippen LogP) is 3.37. The van der Waals surface area contributed by atoms with Gasteiger partial charge in [0.05, 0.1) is 6.10 Å². The van der Waals surface area contributed by atoms with Crippen LogP contribution in [0.3, 0.4) is 0 Å². The molecule has 0 bridgehead atoms. The first-order chi connectivity index (χ1) is 7.58. The average molecular weight is 218 g/mol. The second kappa shape index (κ2) is 4.58. The van der Waals surface area contributed by atoms with E-state index in [1.165, 1.54) is 17.5 Å². The normalized spacial score (nSPS) is 25.8. The number of hydrogen-bond donors (Lipinski definition) is 1. The van der Waals surface area contributed by atoms with Crippen LogP contribution in [0.25, 0.3) is 0 Å². The SMILES string of the molecule is CC(C)c1ccc(CC(O)C2CC2C)cc1. The molecule has 1 aliphatic rings. The molecule has 0 amide bonds. The fourth-order valence-electron chi connectivity index (χ4n) is 2.32. The fourth-order valence-corrected chi connectivity index (χ4v) is 2.32. The van der Waals surface area contributed by atoms with Crippen molar-refractivity contribution < 1.29 is 5.11 Å². The van der Waals surface area contributed by atoms with Gasteiger partial charge in [-0.1, -0.05) is 45.0 Å². The van der Waals surface area contributed by atoms with Gasteiger partial charge in [-0.3, -0.25) is 0 Å². The molecule has 0 aliphatic heterocycles. The highest BCUT2D eigenvalue weighted by Crippen LogP contribution is 2.41. The maximum Gasteiger partial charge on any atom is 0.0611 e. The van der Waals surface area contributed by atoms with Crippen LogP contribution >= 0.6 is 0 Å². The molecular weight excluding hydrogens is 196 g/mol. The molecule has 1 aromatic carbocycles. The number of benzene rings is 1. The van der Waals surface area contributed by atoms with Crippen molar-refractivity contribution in [2.24, 2.45) is 11.8 Å². The van der Waals surface area contributed by atoms with Crippen LogP contribution in [0, 0.1) is 11.8 Å². The Kier molecular flexibility index (Phi) is 3.34. The molecule has 3 atom stereocenters. The minimum atomic E-state index is -0.139. The lowest BCUT2D eigenvalue weighted by Gasteiger charge is -2.11. The Bertz CT molecular complexity index is 339. The molecule has 0 heterocycles. The lowest BCUT2D eigenvalue weighted by Crippen LogP contribution is -2.13. The molecule has 16 heavy (non-hydrogen) atoms. The van der Waals surface area contributed by atoms with Crippen LogP contribution in [0.5, 0.6) is 0 Å². The van der Waals surface area contributed by atoms with E-state index in [4.69, 9.17) is 0 Å². The van der Waals surface area contributed by atoms with Gasteiger partial charge in [-0.2, -0.15) is 0 Å². The molecule has 1 saturated carbocycles. The van der Waals surface area contributed by atoms with Crippen molar-refractivity contribution in [2.45, 2.75) is 45.6 Å². The zero-order chi connectivity index (χ0) is 11.7. The van der Waals surface area contributed by atoms with Crippen molar-refractivity contribution in [3.8, 4) is 0 Å². The Morgan fingerprint density at radius 1 is 1.25 bits per heavy atom. The minimum absolute atomic E-state index is 0.139. The molecule has 1 N–H and O–H groups in total. The van der Waals surface area contributed by atoms with Crippen LogP contribution in [0.15, 0.2) is 24.3 Å². The van der Waals surface area contributed by atoms with E-state index in [0.717, 1.165) is 12.3 Å². The first-order valence-electron chi connectivity index (χ1n) is 6.35. The van der Waals surface area contributed by atoms with E-state index in [0.29, 0.717) is 11.8 Å². The van der Waals surface area contributed by atoms with Crippen LogP contribution in [0.1, 0.15) is 44.2 Å². The van der Waals surface area contributed by atoms with Crippen molar-refractivity contribution in [3.63, 3.8) is 0 Å². The zero-order valence-electron chi connectivity index (χ0n) is 10.5. The van der Waals surface area contributed by atoms with Gasteiger partial charge in [-0.25, -0.2) is 0 Å². The van der Waals surface area contributed by atoms with Gasteiger partial charge in [-0.15, -0.1) is 0 Å². The number of aliphatic hydroxyl groups excluding tert-OH is 1. The highest BCUT2D eigenvalue weighted by atomic mass is 16.3. The molecule has 1 heteroatoms. The molecule has 1 aliphatic carbocycles. The molecule has 0 radical (unpaired) electrons. The van der Waals surface area contributed by atoms with Crippen molar-refractivity contribution in [1.82, 2.24) is 0 Å². The summed E-state index contributed by atoms with van der Waals surface area (Å²) in [5.74, 6) is 1.86. The molecule has 1 fully saturated rings. The maximum atomic E-state index is 9.99. The summed E-state index contributed by atoms with van der Waals surface area (Å²) in [6.07, 6.45) is 1.87. The van der Waals surface area contributed by atoms with Gasteiger partial charge < -0.3 is 5.11 Å².